The maximum absolute atomic E-state index is 12.1. The van der Waals surface area contributed by atoms with E-state index in [1.165, 1.54) is 6.07 Å². The zero-order valence-electron chi connectivity index (χ0n) is 10.6. The first-order valence-corrected chi connectivity index (χ1v) is 6.76. The Balaban J connectivity index is 2.00. The first kappa shape index (κ1) is 12.6. The predicted octanol–water partition coefficient (Wildman–Crippen LogP) is 2.53. The van der Waals surface area contributed by atoms with E-state index in [0.29, 0.717) is 5.56 Å². The van der Waals surface area contributed by atoms with E-state index in [2.05, 4.69) is 5.32 Å². The predicted molar refractivity (Wildman–Crippen MR) is 76.0 cm³/mol. The molecule has 1 atom stereocenters. The van der Waals surface area contributed by atoms with Crippen molar-refractivity contribution in [3.05, 3.63) is 57.0 Å². The number of para-hydroxylation sites is 1. The van der Waals surface area contributed by atoms with E-state index in [-0.39, 0.29) is 17.1 Å². The minimum absolute atomic E-state index is 0.0708. The summed E-state index contributed by atoms with van der Waals surface area (Å²) in [6.07, 6.45) is -0.379. The lowest BCUT2D eigenvalue weighted by Gasteiger charge is -2.35. The van der Waals surface area contributed by atoms with Gasteiger partial charge < -0.3 is 10.2 Å². The van der Waals surface area contributed by atoms with Gasteiger partial charge in [0, 0.05) is 13.1 Å². The molecule has 0 saturated heterocycles. The number of hydrogen-bond acceptors (Lipinski definition) is 5. The lowest BCUT2D eigenvalue weighted by molar-refractivity contribution is -0.380. The van der Waals surface area contributed by atoms with Crippen molar-refractivity contribution in [2.24, 2.45) is 0 Å². The SMILES string of the molecule is CN1c2ccccc2C(=O)N[C@H]1c1ccc([N+](=O)[O-])s1. The summed E-state index contributed by atoms with van der Waals surface area (Å²) in [7, 11) is 1.86. The summed E-state index contributed by atoms with van der Waals surface area (Å²) in [6.45, 7) is 0. The molecule has 6 nitrogen and oxygen atoms in total. The number of amides is 1. The molecule has 2 heterocycles. The molecule has 3 rings (SSSR count). The fourth-order valence-electron chi connectivity index (χ4n) is 2.26. The summed E-state index contributed by atoms with van der Waals surface area (Å²) in [5, 5.41) is 13.7. The minimum atomic E-state index is -0.424. The highest BCUT2D eigenvalue weighted by Crippen LogP contribution is 2.36. The van der Waals surface area contributed by atoms with Crippen LogP contribution in [0.15, 0.2) is 36.4 Å². The van der Waals surface area contributed by atoms with Crippen LogP contribution in [-0.4, -0.2) is 17.9 Å². The summed E-state index contributed by atoms with van der Waals surface area (Å²) < 4.78 is 0. The van der Waals surface area contributed by atoms with Gasteiger partial charge in [0.05, 0.1) is 21.1 Å². The Hall–Kier alpha value is -2.41. The van der Waals surface area contributed by atoms with Gasteiger partial charge in [0.25, 0.3) is 5.91 Å². The maximum Gasteiger partial charge on any atom is 0.324 e. The van der Waals surface area contributed by atoms with Crippen molar-refractivity contribution in [3.63, 3.8) is 0 Å². The molecule has 0 unspecified atom stereocenters. The Morgan fingerprint density at radius 1 is 1.30 bits per heavy atom. The minimum Gasteiger partial charge on any atom is -0.349 e. The lowest BCUT2D eigenvalue weighted by atomic mass is 10.1. The van der Waals surface area contributed by atoms with Crippen LogP contribution in [0, 0.1) is 10.1 Å². The highest BCUT2D eigenvalue weighted by atomic mass is 32.1. The van der Waals surface area contributed by atoms with Crippen LogP contribution in [-0.2, 0) is 0 Å². The summed E-state index contributed by atoms with van der Waals surface area (Å²) in [5.41, 5.74) is 1.43. The molecule has 0 saturated carbocycles. The number of nitro groups is 1. The van der Waals surface area contributed by atoms with Crippen molar-refractivity contribution in [2.45, 2.75) is 6.17 Å². The average molecular weight is 289 g/mol. The molecule has 0 aliphatic carbocycles. The molecule has 1 aromatic carbocycles. The van der Waals surface area contributed by atoms with Crippen LogP contribution in [0.2, 0.25) is 0 Å². The molecule has 1 N–H and O–H groups in total. The van der Waals surface area contributed by atoms with Crippen molar-refractivity contribution >= 4 is 27.9 Å². The number of benzene rings is 1. The molecule has 0 radical (unpaired) electrons. The largest absolute Gasteiger partial charge is 0.349 e. The topological polar surface area (TPSA) is 75.5 Å². The van der Waals surface area contributed by atoms with E-state index < -0.39 is 4.92 Å². The number of hydrogen-bond donors (Lipinski definition) is 1. The van der Waals surface area contributed by atoms with Crippen LogP contribution in [0.1, 0.15) is 21.4 Å². The van der Waals surface area contributed by atoms with Gasteiger partial charge in [-0.2, -0.15) is 0 Å². The summed E-state index contributed by atoms with van der Waals surface area (Å²) in [4.78, 5) is 25.1. The maximum atomic E-state index is 12.1. The quantitative estimate of drug-likeness (QED) is 0.681. The molecule has 2 aromatic rings. The number of fused-ring (bicyclic) bond motifs is 1. The summed E-state index contributed by atoms with van der Waals surface area (Å²) in [6, 6.07) is 10.4. The number of nitrogens with one attached hydrogen (secondary N) is 1. The van der Waals surface area contributed by atoms with Crippen molar-refractivity contribution in [1.29, 1.82) is 0 Å². The van der Waals surface area contributed by atoms with Gasteiger partial charge in [-0.25, -0.2) is 0 Å². The van der Waals surface area contributed by atoms with Gasteiger partial charge in [0.15, 0.2) is 0 Å². The van der Waals surface area contributed by atoms with E-state index in [9.17, 15) is 14.9 Å². The van der Waals surface area contributed by atoms with Gasteiger partial charge in [-0.15, -0.1) is 0 Å². The Morgan fingerprint density at radius 2 is 2.05 bits per heavy atom. The molecular weight excluding hydrogens is 278 g/mol. The van der Waals surface area contributed by atoms with Crippen molar-refractivity contribution in [1.82, 2.24) is 5.32 Å². The molecule has 0 spiro atoms. The second-order valence-electron chi connectivity index (χ2n) is 4.44. The zero-order chi connectivity index (χ0) is 14.3. The van der Waals surface area contributed by atoms with Gasteiger partial charge in [-0.1, -0.05) is 23.5 Å². The third-order valence-electron chi connectivity index (χ3n) is 3.25. The highest BCUT2D eigenvalue weighted by molar-refractivity contribution is 7.15. The van der Waals surface area contributed by atoms with Crippen LogP contribution in [0.4, 0.5) is 10.7 Å². The van der Waals surface area contributed by atoms with E-state index in [0.717, 1.165) is 21.9 Å². The summed E-state index contributed by atoms with van der Waals surface area (Å²) >= 11 is 1.07. The number of anilines is 1. The van der Waals surface area contributed by atoms with Crippen LogP contribution in [0.25, 0.3) is 0 Å². The molecule has 7 heteroatoms. The molecule has 20 heavy (non-hydrogen) atoms. The number of carbonyl (C=O) groups excluding carboxylic acids is 1. The second-order valence-corrected chi connectivity index (χ2v) is 5.53. The molecule has 1 aromatic heterocycles. The molecule has 102 valence electrons. The van der Waals surface area contributed by atoms with Crippen LogP contribution < -0.4 is 10.2 Å². The monoisotopic (exact) mass is 289 g/mol. The molecular formula is C13H11N3O3S. The van der Waals surface area contributed by atoms with Gasteiger partial charge in [0.2, 0.25) is 0 Å². The van der Waals surface area contributed by atoms with Crippen molar-refractivity contribution in [2.75, 3.05) is 11.9 Å². The van der Waals surface area contributed by atoms with Gasteiger partial charge >= 0.3 is 5.00 Å². The fourth-order valence-corrected chi connectivity index (χ4v) is 3.18. The number of nitrogens with zero attached hydrogens (tertiary/aromatic N) is 2. The number of carbonyl (C=O) groups is 1. The molecule has 0 bridgehead atoms. The molecule has 1 aliphatic heterocycles. The smallest absolute Gasteiger partial charge is 0.324 e. The first-order valence-electron chi connectivity index (χ1n) is 5.95. The van der Waals surface area contributed by atoms with Crippen molar-refractivity contribution in [3.8, 4) is 0 Å². The van der Waals surface area contributed by atoms with Crippen LogP contribution in [0.3, 0.4) is 0 Å². The Labute approximate surface area is 118 Å². The third-order valence-corrected chi connectivity index (χ3v) is 4.34. The Bertz CT molecular complexity index is 698. The lowest BCUT2D eigenvalue weighted by Crippen LogP contribution is -2.44. The molecule has 0 fully saturated rings. The zero-order valence-corrected chi connectivity index (χ0v) is 11.4. The number of rotatable bonds is 2. The second kappa shape index (κ2) is 4.61. The first-order chi connectivity index (χ1) is 9.58. The average Bonchev–Trinajstić information content (AvgIpc) is 2.93. The van der Waals surface area contributed by atoms with Gasteiger partial charge in [0.1, 0.15) is 6.17 Å². The van der Waals surface area contributed by atoms with E-state index in [1.54, 1.807) is 12.1 Å². The molecule has 1 amide bonds. The highest BCUT2D eigenvalue weighted by Gasteiger charge is 2.30. The van der Waals surface area contributed by atoms with Crippen molar-refractivity contribution < 1.29 is 9.72 Å². The molecule has 1 aliphatic rings. The van der Waals surface area contributed by atoms with E-state index in [4.69, 9.17) is 0 Å². The van der Waals surface area contributed by atoms with Crippen LogP contribution in [0.5, 0.6) is 0 Å². The Morgan fingerprint density at radius 3 is 2.75 bits per heavy atom. The van der Waals surface area contributed by atoms with E-state index >= 15 is 0 Å². The van der Waals surface area contributed by atoms with Gasteiger partial charge in [-0.3, -0.25) is 14.9 Å². The van der Waals surface area contributed by atoms with Gasteiger partial charge in [-0.05, 0) is 18.2 Å². The fraction of sp³-hybridized carbons (Fsp3) is 0.154. The summed E-state index contributed by atoms with van der Waals surface area (Å²) in [5.74, 6) is -0.167. The van der Waals surface area contributed by atoms with E-state index in [1.807, 2.05) is 30.1 Å². The third kappa shape index (κ3) is 1.92. The number of thiophene rings is 1. The standard InChI is InChI=1S/C13H11N3O3S/c1-15-9-5-3-2-4-8(9)13(17)14-12(15)10-6-7-11(20-10)16(18)19/h2-7,12H,1H3,(H,14,17)/t12-/m1/s1. The Kier molecular flexibility index (Phi) is 2.90. The van der Waals surface area contributed by atoms with Crippen LogP contribution >= 0.6 is 11.3 Å². The normalized spacial score (nSPS) is 17.6.